The molecule has 18 heteroatoms. The molecule has 316 valence electrons. The summed E-state index contributed by atoms with van der Waals surface area (Å²) in [6, 6.07) is 12.0. The second-order valence-corrected chi connectivity index (χ2v) is 16.5. The summed E-state index contributed by atoms with van der Waals surface area (Å²) in [7, 11) is 0. The molecule has 9 rings (SSSR count). The third-order valence-corrected chi connectivity index (χ3v) is 12.2. The molecule has 0 radical (unpaired) electrons. The summed E-state index contributed by atoms with van der Waals surface area (Å²) in [6.45, 7) is 6.36. The molecule has 7 heterocycles. The van der Waals surface area contributed by atoms with Crippen molar-refractivity contribution in [3.8, 4) is 17.0 Å². The van der Waals surface area contributed by atoms with Crippen LogP contribution in [0.3, 0.4) is 0 Å². The Labute approximate surface area is 355 Å². The lowest BCUT2D eigenvalue weighted by molar-refractivity contribution is -0.136. The van der Waals surface area contributed by atoms with Crippen LogP contribution in [-0.4, -0.2) is 111 Å². The van der Waals surface area contributed by atoms with E-state index < -0.39 is 23.7 Å². The molecule has 4 amide bonds. The molecule has 1 unspecified atom stereocenters. The first kappa shape index (κ1) is 40.2. The van der Waals surface area contributed by atoms with E-state index in [0.717, 1.165) is 51.1 Å². The Hall–Kier alpha value is -6.17. The number of pyridine rings is 1. The number of nitrogens with two attached hydrogens (primary N) is 1. The molecule has 3 aromatic heterocycles. The van der Waals surface area contributed by atoms with Crippen molar-refractivity contribution in [3.05, 3.63) is 94.7 Å². The zero-order valence-corrected chi connectivity index (χ0v) is 34.0. The number of fused-ring (bicyclic) bond motifs is 2. The Bertz CT molecular complexity index is 2540. The average Bonchev–Trinajstić information content (AvgIpc) is 3.78. The summed E-state index contributed by atoms with van der Waals surface area (Å²) in [5.41, 5.74) is 9.11. The molecular weight excluding hydrogens is 807 g/mol. The van der Waals surface area contributed by atoms with Gasteiger partial charge in [-0.25, -0.2) is 19.3 Å². The molecule has 0 aliphatic carbocycles. The summed E-state index contributed by atoms with van der Waals surface area (Å²) in [5, 5.41) is 5.38. The maximum atomic E-state index is 15.8. The van der Waals surface area contributed by atoms with Gasteiger partial charge in [-0.05, 0) is 78.8 Å². The van der Waals surface area contributed by atoms with Crippen LogP contribution in [-0.2, 0) is 20.9 Å². The van der Waals surface area contributed by atoms with Crippen molar-refractivity contribution in [3.63, 3.8) is 0 Å². The van der Waals surface area contributed by atoms with E-state index in [1.54, 1.807) is 30.6 Å². The van der Waals surface area contributed by atoms with E-state index in [4.69, 9.17) is 31.8 Å². The quantitative estimate of drug-likeness (QED) is 0.111. The van der Waals surface area contributed by atoms with Crippen molar-refractivity contribution in [2.75, 3.05) is 68.5 Å². The SMILES string of the molecule is Nc1nccn2c(N3CCC4(CC3)CN(CCOCCCOc3ccc5c(c3)CN(C3CCC(=O)NC3=O)C5=O)C4)nc(-c3ccc(C(=O)Nc4cc(Cl)ccn4)cc3F)c12. The summed E-state index contributed by atoms with van der Waals surface area (Å²) in [4.78, 5) is 69.1. The standard InChI is InChI=1S/C43H44ClFN10O6/c44-28-8-11-47-34(22-28)49-39(57)26-2-4-31(32(45)21-26)36-37-38(46)48-12-15-54(37)42(51-36)53-13-9-43(10-14-53)24-52(25-43)16-19-60-17-1-18-61-29-3-5-30-27(20-29)23-55(41(30)59)33-6-7-35(56)50-40(33)58/h2-5,8,11-12,15,20-22,33H,1,6-7,9-10,13-14,16-19,23-25H2,(H2,46,48)(H,47,49,57)(H,50,56,58). The van der Waals surface area contributed by atoms with Crippen LogP contribution in [0.1, 0.15) is 58.4 Å². The number of carbonyl (C=O) groups is 4. The van der Waals surface area contributed by atoms with Gasteiger partial charge < -0.3 is 30.3 Å². The number of hydrogen-bond donors (Lipinski definition) is 3. The number of amides is 4. The smallest absolute Gasteiger partial charge is 0.256 e. The number of halogens is 2. The minimum Gasteiger partial charge on any atom is -0.493 e. The lowest BCUT2D eigenvalue weighted by Crippen LogP contribution is -2.60. The highest BCUT2D eigenvalue weighted by Gasteiger charge is 2.45. The number of nitrogens with zero attached hydrogens (tertiary/aromatic N) is 7. The lowest BCUT2D eigenvalue weighted by Gasteiger charge is -2.54. The number of imidazole rings is 1. The first-order chi connectivity index (χ1) is 29.5. The number of rotatable bonds is 13. The van der Waals surface area contributed by atoms with Crippen molar-refractivity contribution < 1.29 is 33.0 Å². The fraction of sp³-hybridized carbons (Fsp3) is 0.372. The van der Waals surface area contributed by atoms with E-state index in [-0.39, 0.29) is 46.4 Å². The Morgan fingerprint density at radius 2 is 1.82 bits per heavy atom. The van der Waals surface area contributed by atoms with Gasteiger partial charge >= 0.3 is 0 Å². The highest BCUT2D eigenvalue weighted by molar-refractivity contribution is 6.30. The average molecular weight is 851 g/mol. The lowest BCUT2D eigenvalue weighted by atomic mass is 9.72. The third-order valence-electron chi connectivity index (χ3n) is 12.0. The summed E-state index contributed by atoms with van der Waals surface area (Å²) >= 11 is 6.01. The number of ether oxygens (including phenoxy) is 2. The Balaban J connectivity index is 0.721. The molecule has 16 nitrogen and oxygen atoms in total. The normalized spacial score (nSPS) is 18.7. The number of carbonyl (C=O) groups excluding carboxylic acids is 4. The zero-order chi connectivity index (χ0) is 42.3. The van der Waals surface area contributed by atoms with Crippen LogP contribution in [0.15, 0.2) is 67.1 Å². The van der Waals surface area contributed by atoms with Gasteiger partial charge in [0.2, 0.25) is 17.8 Å². The first-order valence-corrected chi connectivity index (χ1v) is 20.7. The molecule has 5 aromatic rings. The van der Waals surface area contributed by atoms with Crippen LogP contribution in [0, 0.1) is 11.2 Å². The Morgan fingerprint density at radius 3 is 2.61 bits per heavy atom. The van der Waals surface area contributed by atoms with E-state index in [9.17, 15) is 19.2 Å². The van der Waals surface area contributed by atoms with Gasteiger partial charge in [0.05, 0.1) is 13.2 Å². The number of benzene rings is 2. The van der Waals surface area contributed by atoms with Crippen LogP contribution in [0.4, 0.5) is 22.0 Å². The van der Waals surface area contributed by atoms with Crippen molar-refractivity contribution in [2.24, 2.45) is 5.41 Å². The van der Waals surface area contributed by atoms with Crippen LogP contribution in [0.5, 0.6) is 5.75 Å². The maximum absolute atomic E-state index is 15.8. The number of aromatic nitrogens is 4. The van der Waals surface area contributed by atoms with Crippen LogP contribution in [0.25, 0.3) is 16.8 Å². The molecule has 2 aromatic carbocycles. The summed E-state index contributed by atoms with van der Waals surface area (Å²) in [5.74, 6) is -0.286. The molecule has 1 spiro atoms. The van der Waals surface area contributed by atoms with E-state index in [0.29, 0.717) is 72.7 Å². The van der Waals surface area contributed by atoms with Crippen molar-refractivity contribution >= 4 is 58.3 Å². The van der Waals surface area contributed by atoms with Crippen molar-refractivity contribution in [2.45, 2.75) is 44.7 Å². The second kappa shape index (κ2) is 16.7. The Morgan fingerprint density at radius 1 is 1.00 bits per heavy atom. The molecule has 61 heavy (non-hydrogen) atoms. The molecule has 0 saturated carbocycles. The summed E-state index contributed by atoms with van der Waals surface area (Å²) < 4.78 is 29.5. The van der Waals surface area contributed by atoms with Gasteiger partial charge in [0, 0.05) is 99.0 Å². The van der Waals surface area contributed by atoms with E-state index >= 15 is 4.39 Å². The minimum atomic E-state index is -0.646. The number of piperidine rings is 2. The van der Waals surface area contributed by atoms with E-state index in [1.165, 1.54) is 35.4 Å². The summed E-state index contributed by atoms with van der Waals surface area (Å²) in [6.07, 6.45) is 8.08. The predicted octanol–water partition coefficient (Wildman–Crippen LogP) is 4.57. The zero-order valence-electron chi connectivity index (χ0n) is 33.2. The van der Waals surface area contributed by atoms with Gasteiger partial charge in [-0.15, -0.1) is 0 Å². The highest BCUT2D eigenvalue weighted by atomic mass is 35.5. The fourth-order valence-corrected chi connectivity index (χ4v) is 8.97. The monoisotopic (exact) mass is 850 g/mol. The molecule has 4 aliphatic rings. The number of likely N-dealkylation sites (tertiary alicyclic amines) is 1. The Kier molecular flexibility index (Phi) is 11.0. The third kappa shape index (κ3) is 8.20. The number of nitrogen functional groups attached to an aromatic ring is 1. The number of hydrogen-bond acceptors (Lipinski definition) is 12. The topological polar surface area (TPSA) is 190 Å². The van der Waals surface area contributed by atoms with Gasteiger partial charge in [0.1, 0.15) is 40.5 Å². The van der Waals surface area contributed by atoms with Crippen molar-refractivity contribution in [1.29, 1.82) is 0 Å². The highest BCUT2D eigenvalue weighted by Crippen LogP contribution is 2.42. The van der Waals surface area contributed by atoms with Gasteiger partial charge in [-0.1, -0.05) is 11.6 Å². The van der Waals surface area contributed by atoms with Gasteiger partial charge in [0.25, 0.3) is 11.8 Å². The van der Waals surface area contributed by atoms with Gasteiger partial charge in [-0.3, -0.25) is 33.8 Å². The maximum Gasteiger partial charge on any atom is 0.256 e. The fourth-order valence-electron chi connectivity index (χ4n) is 8.81. The van der Waals surface area contributed by atoms with Crippen LogP contribution >= 0.6 is 11.6 Å². The molecular formula is C43H44ClFN10O6. The predicted molar refractivity (Wildman–Crippen MR) is 224 cm³/mol. The molecule has 0 bridgehead atoms. The second-order valence-electron chi connectivity index (χ2n) is 16.0. The number of imide groups is 1. The van der Waals surface area contributed by atoms with Gasteiger partial charge in [-0.2, -0.15) is 0 Å². The molecule has 4 aliphatic heterocycles. The number of nitrogens with one attached hydrogen (secondary N) is 2. The van der Waals surface area contributed by atoms with E-state index in [1.807, 2.05) is 10.5 Å². The minimum absolute atomic E-state index is 0.113. The van der Waals surface area contributed by atoms with Crippen LogP contribution in [0.2, 0.25) is 5.02 Å². The molecule has 3 saturated heterocycles. The van der Waals surface area contributed by atoms with Crippen LogP contribution < -0.4 is 26.0 Å². The van der Waals surface area contributed by atoms with E-state index in [2.05, 4.69) is 30.4 Å². The van der Waals surface area contributed by atoms with Crippen molar-refractivity contribution in [1.82, 2.24) is 34.5 Å². The molecule has 3 fully saturated rings. The molecule has 1 atom stereocenters. The van der Waals surface area contributed by atoms with Gasteiger partial charge in [0.15, 0.2) is 0 Å². The first-order valence-electron chi connectivity index (χ1n) is 20.3. The number of anilines is 3. The molecule has 4 N–H and O–H groups in total. The largest absolute Gasteiger partial charge is 0.493 e.